The summed E-state index contributed by atoms with van der Waals surface area (Å²) in [5.41, 5.74) is 18.2. The number of fused-ring (bicyclic) bond motifs is 9. The first-order valence-corrected chi connectivity index (χ1v) is 20.1. The van der Waals surface area contributed by atoms with Gasteiger partial charge in [-0.2, -0.15) is 0 Å². The number of hydrogen-bond donors (Lipinski definition) is 0. The zero-order valence-corrected chi connectivity index (χ0v) is 32.3. The van der Waals surface area contributed by atoms with Gasteiger partial charge in [0.15, 0.2) is 0 Å². The molecule has 1 heteroatoms. The van der Waals surface area contributed by atoms with E-state index in [0.29, 0.717) is 0 Å². The van der Waals surface area contributed by atoms with Gasteiger partial charge in [0, 0.05) is 11.1 Å². The van der Waals surface area contributed by atoms with Crippen molar-refractivity contribution in [1.82, 2.24) is 0 Å². The minimum Gasteiger partial charge on any atom is -0.248 e. The van der Waals surface area contributed by atoms with Crippen LogP contribution in [-0.2, 0) is 5.41 Å². The van der Waals surface area contributed by atoms with Crippen LogP contribution in [0.3, 0.4) is 0 Å². The molecule has 9 aromatic rings. The van der Waals surface area contributed by atoms with Crippen molar-refractivity contribution < 1.29 is 0 Å². The van der Waals surface area contributed by atoms with Crippen LogP contribution in [0.25, 0.3) is 66.2 Å². The Labute approximate surface area is 339 Å². The largest absolute Gasteiger partial charge is 0.248 e. The lowest BCUT2D eigenvalue weighted by Crippen LogP contribution is -2.26. The van der Waals surface area contributed by atoms with E-state index in [2.05, 4.69) is 214 Å². The predicted octanol–water partition coefficient (Wildman–Crippen LogP) is 14.6. The van der Waals surface area contributed by atoms with E-state index in [1.807, 2.05) is 6.07 Å². The third kappa shape index (κ3) is 5.14. The molecule has 0 fully saturated rings. The Bertz CT molecular complexity index is 3170. The van der Waals surface area contributed by atoms with Gasteiger partial charge in [-0.1, -0.05) is 201 Å². The van der Waals surface area contributed by atoms with E-state index in [1.165, 1.54) is 82.8 Å². The van der Waals surface area contributed by atoms with Crippen molar-refractivity contribution in [2.75, 3.05) is 0 Å². The molecule has 2 aliphatic carbocycles. The van der Waals surface area contributed by atoms with E-state index in [9.17, 15) is 0 Å². The highest BCUT2D eigenvalue weighted by molar-refractivity contribution is 6.38. The van der Waals surface area contributed by atoms with Crippen molar-refractivity contribution in [2.45, 2.75) is 12.3 Å². The van der Waals surface area contributed by atoms with Gasteiger partial charge in [0.25, 0.3) is 0 Å². The maximum absolute atomic E-state index is 5.54. The molecule has 1 unspecified atom stereocenters. The molecule has 0 amide bonds. The quantitative estimate of drug-likeness (QED) is 0.151. The smallest absolute Gasteiger partial charge is 0.0793 e. The molecule has 1 spiro atoms. The van der Waals surface area contributed by atoms with E-state index in [4.69, 9.17) is 4.99 Å². The predicted molar refractivity (Wildman–Crippen MR) is 245 cm³/mol. The fourth-order valence-electron chi connectivity index (χ4n) is 9.81. The topological polar surface area (TPSA) is 12.4 Å². The third-order valence-electron chi connectivity index (χ3n) is 12.5. The fraction of sp³-hybridized carbons (Fsp3) is 0.0351. The molecular formula is C57H39N. The van der Waals surface area contributed by atoms with Gasteiger partial charge in [-0.15, -0.1) is 0 Å². The Morgan fingerprint density at radius 3 is 1.76 bits per heavy atom. The van der Waals surface area contributed by atoms with Crippen molar-refractivity contribution in [3.63, 3.8) is 0 Å². The molecule has 11 rings (SSSR count). The minimum absolute atomic E-state index is 0.516. The molecule has 2 aliphatic rings. The van der Waals surface area contributed by atoms with Crippen LogP contribution in [-0.4, -0.2) is 5.71 Å². The molecule has 0 aromatic heterocycles. The van der Waals surface area contributed by atoms with Crippen LogP contribution in [0.1, 0.15) is 40.3 Å². The molecule has 0 saturated heterocycles. The van der Waals surface area contributed by atoms with Crippen molar-refractivity contribution in [3.8, 4) is 33.4 Å². The summed E-state index contributed by atoms with van der Waals surface area (Å²) in [6.07, 6.45) is 0. The lowest BCUT2D eigenvalue weighted by Gasteiger charge is -2.31. The number of hydrogen-bond acceptors (Lipinski definition) is 1. The Hall–Kier alpha value is -7.35. The highest BCUT2D eigenvalue weighted by Gasteiger charge is 2.52. The second-order valence-corrected chi connectivity index (χ2v) is 15.5. The minimum atomic E-state index is -0.516. The Morgan fingerprint density at radius 2 is 0.983 bits per heavy atom. The fourth-order valence-corrected chi connectivity index (χ4v) is 9.81. The molecular weight excluding hydrogens is 699 g/mol. The summed E-state index contributed by atoms with van der Waals surface area (Å²) in [6, 6.07) is 75.0. The molecule has 1 nitrogen and oxygen atoms in total. The first-order chi connectivity index (χ1) is 28.6. The number of nitrogens with zero attached hydrogens (tertiary/aromatic N) is 1. The summed E-state index contributed by atoms with van der Waals surface area (Å²) in [6.45, 7) is 6.90. The average Bonchev–Trinajstić information content (AvgIpc) is 3.73. The van der Waals surface area contributed by atoms with Gasteiger partial charge in [-0.3, -0.25) is 0 Å². The normalized spacial score (nSPS) is 15.5. The standard InChI is InChI=1S/C57H39N/c1-37-55(56(58-38(2)39-15-4-3-5-16-39)50-24-14-20-43-18-8-9-21-47(43)50)51-23-11-13-26-53(51)57(37)52-25-12-10-22-48(52)49-34-33-46(36-54(49)57)42-29-27-41(28-30-42)45-32-31-40-17-6-7-19-44(40)35-45/h3-36H,2H2,1H3/b58-56-. The number of allylic oxidation sites excluding steroid dienone is 2. The molecule has 0 radical (unpaired) electrons. The highest BCUT2D eigenvalue weighted by Crippen LogP contribution is 2.62. The number of aliphatic imine (C=N–C) groups is 1. The van der Waals surface area contributed by atoms with Crippen molar-refractivity contribution in [3.05, 3.63) is 252 Å². The van der Waals surface area contributed by atoms with Crippen LogP contribution in [0.4, 0.5) is 0 Å². The van der Waals surface area contributed by atoms with Crippen LogP contribution >= 0.6 is 0 Å². The molecule has 0 aliphatic heterocycles. The van der Waals surface area contributed by atoms with Crippen molar-refractivity contribution >= 4 is 38.5 Å². The summed E-state index contributed by atoms with van der Waals surface area (Å²) >= 11 is 0. The van der Waals surface area contributed by atoms with Crippen molar-refractivity contribution in [2.24, 2.45) is 4.99 Å². The monoisotopic (exact) mass is 737 g/mol. The van der Waals surface area contributed by atoms with Gasteiger partial charge >= 0.3 is 0 Å². The molecule has 0 saturated carbocycles. The van der Waals surface area contributed by atoms with Crippen LogP contribution in [0.2, 0.25) is 0 Å². The SMILES string of the molecule is C=C(/N=C(\C1=C(C)C2(c3ccccc31)c1ccccc1-c1ccc(-c3ccc(-c4ccc5ccccc5c4)cc3)cc12)c1cccc2ccccc12)c1ccccc1. The van der Waals surface area contributed by atoms with E-state index in [0.717, 1.165) is 28.1 Å². The first kappa shape index (κ1) is 33.9. The average molecular weight is 738 g/mol. The lowest BCUT2D eigenvalue weighted by atomic mass is 9.69. The van der Waals surface area contributed by atoms with Gasteiger partial charge in [0.1, 0.15) is 0 Å². The van der Waals surface area contributed by atoms with Crippen LogP contribution in [0.5, 0.6) is 0 Å². The molecule has 1 atom stereocenters. The molecule has 0 N–H and O–H groups in total. The first-order valence-electron chi connectivity index (χ1n) is 20.1. The molecule has 9 aromatic carbocycles. The molecule has 58 heavy (non-hydrogen) atoms. The van der Waals surface area contributed by atoms with Gasteiger partial charge < -0.3 is 0 Å². The van der Waals surface area contributed by atoms with Crippen LogP contribution in [0, 0.1) is 0 Å². The third-order valence-corrected chi connectivity index (χ3v) is 12.5. The molecule has 0 bridgehead atoms. The van der Waals surface area contributed by atoms with Gasteiger partial charge in [0.2, 0.25) is 0 Å². The maximum Gasteiger partial charge on any atom is 0.0793 e. The molecule has 0 heterocycles. The second kappa shape index (κ2) is 13.4. The summed E-state index contributed by atoms with van der Waals surface area (Å²) in [5, 5.41) is 4.87. The lowest BCUT2D eigenvalue weighted by molar-refractivity contribution is 0.767. The Kier molecular flexibility index (Phi) is 7.84. The zero-order valence-electron chi connectivity index (χ0n) is 32.3. The van der Waals surface area contributed by atoms with E-state index in [-0.39, 0.29) is 0 Å². The van der Waals surface area contributed by atoms with Crippen LogP contribution in [0.15, 0.2) is 223 Å². The number of benzene rings is 9. The van der Waals surface area contributed by atoms with Crippen molar-refractivity contribution in [1.29, 1.82) is 0 Å². The van der Waals surface area contributed by atoms with Gasteiger partial charge in [0.05, 0.1) is 16.8 Å². The Balaban J connectivity index is 1.12. The van der Waals surface area contributed by atoms with E-state index >= 15 is 0 Å². The molecule has 272 valence electrons. The zero-order chi connectivity index (χ0) is 38.8. The summed E-state index contributed by atoms with van der Waals surface area (Å²) in [7, 11) is 0. The second-order valence-electron chi connectivity index (χ2n) is 15.5. The summed E-state index contributed by atoms with van der Waals surface area (Å²) in [4.78, 5) is 5.54. The van der Waals surface area contributed by atoms with Gasteiger partial charge in [-0.05, 0) is 107 Å². The van der Waals surface area contributed by atoms with Crippen LogP contribution < -0.4 is 0 Å². The number of rotatable bonds is 6. The van der Waals surface area contributed by atoms with E-state index in [1.54, 1.807) is 0 Å². The summed E-state index contributed by atoms with van der Waals surface area (Å²) < 4.78 is 0. The summed E-state index contributed by atoms with van der Waals surface area (Å²) in [5.74, 6) is 0. The highest BCUT2D eigenvalue weighted by atomic mass is 14.8. The van der Waals surface area contributed by atoms with E-state index < -0.39 is 5.41 Å². The van der Waals surface area contributed by atoms with Gasteiger partial charge in [-0.25, -0.2) is 4.99 Å². The Morgan fingerprint density at radius 1 is 0.431 bits per heavy atom. The maximum atomic E-state index is 5.54.